The van der Waals surface area contributed by atoms with E-state index in [2.05, 4.69) is 22.8 Å². The van der Waals surface area contributed by atoms with Crippen LogP contribution in [0.5, 0.6) is 0 Å². The van der Waals surface area contributed by atoms with Crippen LogP contribution in [-0.4, -0.2) is 24.4 Å². The Balaban J connectivity index is 1.91. The Hall–Kier alpha value is -2.08. The molecule has 2 aliphatic carbocycles. The molecule has 6 nitrogen and oxygen atoms in total. The second kappa shape index (κ2) is 7.66. The molecule has 6 heteroatoms. The molecule has 2 saturated carbocycles. The van der Waals surface area contributed by atoms with Gasteiger partial charge in [-0.3, -0.25) is 9.59 Å². The largest absolute Gasteiger partial charge is 0.353 e. The van der Waals surface area contributed by atoms with Crippen molar-refractivity contribution in [2.45, 2.75) is 70.8 Å². The molecular weight excluding hydrogens is 304 g/mol. The lowest BCUT2D eigenvalue weighted by Crippen LogP contribution is -2.50. The molecule has 2 amide bonds. The van der Waals surface area contributed by atoms with Crippen LogP contribution in [0.15, 0.2) is 0 Å². The van der Waals surface area contributed by atoms with E-state index < -0.39 is 10.8 Å². The minimum Gasteiger partial charge on any atom is -0.353 e. The van der Waals surface area contributed by atoms with Gasteiger partial charge in [0.25, 0.3) is 0 Å². The number of amides is 2. The smallest absolute Gasteiger partial charge is 0.240 e. The second-order valence-corrected chi connectivity index (χ2v) is 7.09. The first-order valence-corrected chi connectivity index (χ1v) is 8.94. The van der Waals surface area contributed by atoms with Gasteiger partial charge in [0.05, 0.1) is 12.1 Å². The average molecular weight is 330 g/mol. The Labute approximate surface area is 143 Å². The Kier molecular flexibility index (Phi) is 5.83. The molecule has 0 spiro atoms. The van der Waals surface area contributed by atoms with E-state index in [-0.39, 0.29) is 17.9 Å². The zero-order chi connectivity index (χ0) is 17.6. The van der Waals surface area contributed by atoms with Crippen molar-refractivity contribution in [2.75, 3.05) is 6.54 Å². The molecule has 0 aromatic rings. The number of hydrogen-bond donors (Lipinski definition) is 2. The fourth-order valence-corrected chi connectivity index (χ4v) is 3.74. The van der Waals surface area contributed by atoms with Gasteiger partial charge in [-0.05, 0) is 32.1 Å². The van der Waals surface area contributed by atoms with Gasteiger partial charge in [-0.15, -0.1) is 0 Å². The van der Waals surface area contributed by atoms with E-state index in [9.17, 15) is 20.1 Å². The van der Waals surface area contributed by atoms with Gasteiger partial charge in [0.2, 0.25) is 11.8 Å². The lowest BCUT2D eigenvalue weighted by Gasteiger charge is -2.26. The standard InChI is InChI=1S/C18H26N4O2/c1-2-14(22-16(24)18(13-20)9-5-6-10-18)11-21-15(23)17(12-19)7-3-4-8-17/h14H,2-11H2,1H3,(H,21,23)(H,22,24)/t14-/m0/s1. The topological polar surface area (TPSA) is 106 Å². The summed E-state index contributed by atoms with van der Waals surface area (Å²) in [5, 5.41) is 24.5. The van der Waals surface area contributed by atoms with Crippen LogP contribution in [0, 0.1) is 33.5 Å². The minimum atomic E-state index is -0.906. The maximum atomic E-state index is 12.5. The van der Waals surface area contributed by atoms with E-state index in [4.69, 9.17) is 0 Å². The molecule has 2 fully saturated rings. The Morgan fingerprint density at radius 1 is 0.958 bits per heavy atom. The molecule has 1 atom stereocenters. The lowest BCUT2D eigenvalue weighted by molar-refractivity contribution is -0.130. The van der Waals surface area contributed by atoms with E-state index >= 15 is 0 Å². The highest BCUT2D eigenvalue weighted by Crippen LogP contribution is 2.38. The van der Waals surface area contributed by atoms with Crippen molar-refractivity contribution in [2.24, 2.45) is 10.8 Å². The molecule has 0 radical (unpaired) electrons. The third-order valence-corrected chi connectivity index (χ3v) is 5.55. The SMILES string of the molecule is CC[C@@H](CNC(=O)C1(C#N)CCCC1)NC(=O)C1(C#N)CCCC1. The maximum Gasteiger partial charge on any atom is 0.240 e. The van der Waals surface area contributed by atoms with E-state index in [0.29, 0.717) is 38.6 Å². The van der Waals surface area contributed by atoms with Crippen molar-refractivity contribution in [1.82, 2.24) is 10.6 Å². The highest BCUT2D eigenvalue weighted by Gasteiger charge is 2.43. The number of nitrogens with zero attached hydrogens (tertiary/aromatic N) is 2. The van der Waals surface area contributed by atoms with Crippen molar-refractivity contribution in [1.29, 1.82) is 10.5 Å². The van der Waals surface area contributed by atoms with Crippen LogP contribution in [0.2, 0.25) is 0 Å². The molecule has 24 heavy (non-hydrogen) atoms. The Morgan fingerprint density at radius 3 is 1.83 bits per heavy atom. The summed E-state index contributed by atoms with van der Waals surface area (Å²) >= 11 is 0. The predicted octanol–water partition coefficient (Wildman–Crippen LogP) is 2.17. The summed E-state index contributed by atoms with van der Waals surface area (Å²) in [4.78, 5) is 24.9. The number of rotatable bonds is 6. The molecule has 0 aromatic carbocycles. The summed E-state index contributed by atoms with van der Waals surface area (Å²) in [6.45, 7) is 2.23. The summed E-state index contributed by atoms with van der Waals surface area (Å²) in [6, 6.07) is 4.15. The van der Waals surface area contributed by atoms with Gasteiger partial charge in [-0.1, -0.05) is 32.6 Å². The summed E-state index contributed by atoms with van der Waals surface area (Å²) < 4.78 is 0. The first-order chi connectivity index (χ1) is 11.5. The van der Waals surface area contributed by atoms with Crippen LogP contribution >= 0.6 is 0 Å². The highest BCUT2D eigenvalue weighted by molar-refractivity contribution is 5.87. The van der Waals surface area contributed by atoms with Crippen molar-refractivity contribution < 1.29 is 9.59 Å². The Bertz CT molecular complexity index is 561. The number of carbonyl (C=O) groups excluding carboxylic acids is 2. The van der Waals surface area contributed by atoms with Crippen LogP contribution in [-0.2, 0) is 9.59 Å². The van der Waals surface area contributed by atoms with Crippen molar-refractivity contribution >= 4 is 11.8 Å². The van der Waals surface area contributed by atoms with Crippen molar-refractivity contribution in [3.8, 4) is 12.1 Å². The Morgan fingerprint density at radius 2 is 1.42 bits per heavy atom. The van der Waals surface area contributed by atoms with E-state index in [1.807, 2.05) is 6.92 Å². The van der Waals surface area contributed by atoms with Crippen LogP contribution in [0.4, 0.5) is 0 Å². The monoisotopic (exact) mass is 330 g/mol. The third-order valence-electron chi connectivity index (χ3n) is 5.55. The molecule has 0 heterocycles. The van der Waals surface area contributed by atoms with Gasteiger partial charge in [-0.2, -0.15) is 10.5 Å². The first kappa shape index (κ1) is 18.3. The molecular formula is C18H26N4O2. The van der Waals surface area contributed by atoms with Crippen LogP contribution in [0.25, 0.3) is 0 Å². The normalized spacial score (nSPS) is 22.1. The highest BCUT2D eigenvalue weighted by atomic mass is 16.2. The molecule has 2 N–H and O–H groups in total. The van der Waals surface area contributed by atoms with Gasteiger partial charge in [0.1, 0.15) is 10.8 Å². The van der Waals surface area contributed by atoms with Gasteiger partial charge < -0.3 is 10.6 Å². The number of carbonyl (C=O) groups is 2. The molecule has 0 saturated heterocycles. The summed E-state index contributed by atoms with van der Waals surface area (Å²) in [7, 11) is 0. The van der Waals surface area contributed by atoms with Gasteiger partial charge >= 0.3 is 0 Å². The van der Waals surface area contributed by atoms with Crippen molar-refractivity contribution in [3.63, 3.8) is 0 Å². The zero-order valence-electron chi connectivity index (χ0n) is 14.4. The fourth-order valence-electron chi connectivity index (χ4n) is 3.74. The first-order valence-electron chi connectivity index (χ1n) is 8.94. The van der Waals surface area contributed by atoms with Crippen LogP contribution < -0.4 is 10.6 Å². The number of nitrogens with one attached hydrogen (secondary N) is 2. The molecule has 0 aliphatic heterocycles. The third kappa shape index (κ3) is 3.53. The molecule has 130 valence electrons. The van der Waals surface area contributed by atoms with Crippen LogP contribution in [0.3, 0.4) is 0 Å². The zero-order valence-corrected chi connectivity index (χ0v) is 14.4. The molecule has 0 aromatic heterocycles. The average Bonchev–Trinajstić information content (AvgIpc) is 3.28. The lowest BCUT2D eigenvalue weighted by atomic mass is 9.86. The van der Waals surface area contributed by atoms with Gasteiger partial charge in [-0.25, -0.2) is 0 Å². The molecule has 0 unspecified atom stereocenters. The minimum absolute atomic E-state index is 0.218. The number of hydrogen-bond acceptors (Lipinski definition) is 4. The summed E-state index contributed by atoms with van der Waals surface area (Å²) in [5.74, 6) is -0.453. The molecule has 0 bridgehead atoms. The van der Waals surface area contributed by atoms with E-state index in [1.165, 1.54) is 0 Å². The second-order valence-electron chi connectivity index (χ2n) is 7.09. The summed E-state index contributed by atoms with van der Waals surface area (Å²) in [6.07, 6.45) is 6.70. The predicted molar refractivity (Wildman–Crippen MR) is 88.3 cm³/mol. The fraction of sp³-hybridized carbons (Fsp3) is 0.778. The van der Waals surface area contributed by atoms with Gasteiger partial charge in [0, 0.05) is 12.6 Å². The van der Waals surface area contributed by atoms with Crippen LogP contribution in [0.1, 0.15) is 64.7 Å². The quantitative estimate of drug-likeness (QED) is 0.778. The summed E-state index contributed by atoms with van der Waals surface area (Å²) in [5.41, 5.74) is -1.81. The molecule has 2 aliphatic rings. The van der Waals surface area contributed by atoms with E-state index in [0.717, 1.165) is 25.7 Å². The van der Waals surface area contributed by atoms with E-state index in [1.54, 1.807) is 0 Å². The van der Waals surface area contributed by atoms with Crippen molar-refractivity contribution in [3.05, 3.63) is 0 Å². The maximum absolute atomic E-state index is 12.5. The van der Waals surface area contributed by atoms with Gasteiger partial charge in [0.15, 0.2) is 0 Å². The number of nitriles is 2. The molecule has 2 rings (SSSR count).